The van der Waals surface area contributed by atoms with Gasteiger partial charge in [-0.05, 0) is 12.5 Å². The monoisotopic (exact) mass is 179 g/mol. The Morgan fingerprint density at radius 3 is 3.23 bits per heavy atom. The number of fused-ring (bicyclic) bond motifs is 1. The summed E-state index contributed by atoms with van der Waals surface area (Å²) in [7, 11) is 1.33. The van der Waals surface area contributed by atoms with Gasteiger partial charge in [-0.2, -0.15) is 0 Å². The minimum absolute atomic E-state index is 0.268. The Balaban J connectivity index is 2.36. The van der Waals surface area contributed by atoms with Crippen molar-refractivity contribution in [2.75, 3.05) is 19.0 Å². The average molecular weight is 179 g/mol. The van der Waals surface area contributed by atoms with Crippen LogP contribution < -0.4 is 5.32 Å². The predicted octanol–water partition coefficient (Wildman–Crippen LogP) is 0.231. The minimum Gasteiger partial charge on any atom is -0.464 e. The van der Waals surface area contributed by atoms with E-state index >= 15 is 0 Å². The molecule has 1 aliphatic heterocycles. The number of esters is 1. The number of hydrogen-bond acceptors (Lipinski definition) is 5. The summed E-state index contributed by atoms with van der Waals surface area (Å²) in [5, 5.41) is 10.7. The Morgan fingerprint density at radius 1 is 1.62 bits per heavy atom. The van der Waals surface area contributed by atoms with Gasteiger partial charge in [0.05, 0.1) is 7.11 Å². The van der Waals surface area contributed by atoms with E-state index in [1.807, 2.05) is 0 Å². The smallest absolute Gasteiger partial charge is 0.358 e. The Labute approximate surface area is 75.1 Å². The third-order valence-corrected chi connectivity index (χ3v) is 1.95. The van der Waals surface area contributed by atoms with Gasteiger partial charge in [0.1, 0.15) is 0 Å². The Kier molecular flexibility index (Phi) is 1.84. The SMILES string of the molecule is COC(=O)c1cc2c(nn1)NCC2. The summed E-state index contributed by atoms with van der Waals surface area (Å²) >= 11 is 0. The number of anilines is 1. The quantitative estimate of drug-likeness (QED) is 0.625. The molecule has 0 spiro atoms. The number of aromatic nitrogens is 2. The molecule has 0 amide bonds. The lowest BCUT2D eigenvalue weighted by Crippen LogP contribution is -2.06. The number of nitrogens with zero attached hydrogens (tertiary/aromatic N) is 2. The van der Waals surface area contributed by atoms with Crippen molar-refractivity contribution >= 4 is 11.8 Å². The van der Waals surface area contributed by atoms with Gasteiger partial charge in [0.2, 0.25) is 0 Å². The normalized spacial score (nSPS) is 13.3. The summed E-state index contributed by atoms with van der Waals surface area (Å²) in [6.07, 6.45) is 0.884. The first-order chi connectivity index (χ1) is 6.31. The zero-order chi connectivity index (χ0) is 9.26. The number of methoxy groups -OCH3 is 1. The van der Waals surface area contributed by atoms with E-state index in [-0.39, 0.29) is 5.69 Å². The number of rotatable bonds is 1. The van der Waals surface area contributed by atoms with E-state index in [9.17, 15) is 4.79 Å². The molecule has 68 valence electrons. The van der Waals surface area contributed by atoms with Gasteiger partial charge >= 0.3 is 5.97 Å². The third kappa shape index (κ3) is 1.32. The molecule has 0 bridgehead atoms. The van der Waals surface area contributed by atoms with Gasteiger partial charge in [-0.1, -0.05) is 0 Å². The third-order valence-electron chi connectivity index (χ3n) is 1.95. The van der Waals surface area contributed by atoms with Crippen molar-refractivity contribution in [1.82, 2.24) is 10.2 Å². The minimum atomic E-state index is -0.442. The molecule has 0 unspecified atom stereocenters. The molecule has 0 radical (unpaired) electrons. The van der Waals surface area contributed by atoms with Crippen LogP contribution in [0.4, 0.5) is 5.82 Å². The molecule has 0 atom stereocenters. The summed E-state index contributed by atoms with van der Waals surface area (Å²) in [6, 6.07) is 1.72. The van der Waals surface area contributed by atoms with Crippen LogP contribution in [0.2, 0.25) is 0 Å². The fraction of sp³-hybridized carbons (Fsp3) is 0.375. The molecule has 5 heteroatoms. The van der Waals surface area contributed by atoms with Crippen molar-refractivity contribution in [3.63, 3.8) is 0 Å². The molecule has 1 N–H and O–H groups in total. The van der Waals surface area contributed by atoms with E-state index in [0.717, 1.165) is 24.3 Å². The van der Waals surface area contributed by atoms with Crippen LogP contribution in [0.5, 0.6) is 0 Å². The molecule has 2 heterocycles. The van der Waals surface area contributed by atoms with Crippen LogP contribution in [0, 0.1) is 0 Å². The topological polar surface area (TPSA) is 64.1 Å². The van der Waals surface area contributed by atoms with Crippen molar-refractivity contribution in [3.05, 3.63) is 17.3 Å². The second-order valence-corrected chi connectivity index (χ2v) is 2.77. The van der Waals surface area contributed by atoms with E-state index in [1.54, 1.807) is 6.07 Å². The second-order valence-electron chi connectivity index (χ2n) is 2.77. The zero-order valence-corrected chi connectivity index (χ0v) is 7.20. The van der Waals surface area contributed by atoms with E-state index in [1.165, 1.54) is 7.11 Å². The molecule has 2 rings (SSSR count). The molecule has 13 heavy (non-hydrogen) atoms. The lowest BCUT2D eigenvalue weighted by atomic mass is 10.2. The van der Waals surface area contributed by atoms with Gasteiger partial charge in [0.25, 0.3) is 0 Å². The van der Waals surface area contributed by atoms with Gasteiger partial charge in [0, 0.05) is 12.1 Å². The van der Waals surface area contributed by atoms with Crippen LogP contribution in [-0.2, 0) is 11.2 Å². The van der Waals surface area contributed by atoms with Crippen molar-refractivity contribution in [2.45, 2.75) is 6.42 Å². The molecule has 0 aromatic carbocycles. The van der Waals surface area contributed by atoms with Crippen LogP contribution in [-0.4, -0.2) is 29.8 Å². The van der Waals surface area contributed by atoms with Crippen LogP contribution in [0.3, 0.4) is 0 Å². The van der Waals surface area contributed by atoms with E-state index in [0.29, 0.717) is 0 Å². The maximum atomic E-state index is 11.1. The maximum Gasteiger partial charge on any atom is 0.358 e. The first-order valence-electron chi connectivity index (χ1n) is 4.00. The zero-order valence-electron chi connectivity index (χ0n) is 7.20. The highest BCUT2D eigenvalue weighted by Crippen LogP contribution is 2.18. The van der Waals surface area contributed by atoms with Crippen LogP contribution in [0.1, 0.15) is 16.1 Å². The molecule has 1 aliphatic rings. The number of nitrogens with one attached hydrogen (secondary N) is 1. The lowest BCUT2D eigenvalue weighted by Gasteiger charge is -1.99. The molecule has 0 aliphatic carbocycles. The van der Waals surface area contributed by atoms with Crippen molar-refractivity contribution < 1.29 is 9.53 Å². The molecule has 0 fully saturated rings. The molecule has 5 nitrogen and oxygen atoms in total. The van der Waals surface area contributed by atoms with Gasteiger partial charge in [-0.15, -0.1) is 10.2 Å². The van der Waals surface area contributed by atoms with Gasteiger partial charge in [-0.3, -0.25) is 0 Å². The fourth-order valence-corrected chi connectivity index (χ4v) is 1.29. The summed E-state index contributed by atoms with van der Waals surface area (Å²) in [5.74, 6) is 0.329. The lowest BCUT2D eigenvalue weighted by molar-refractivity contribution is 0.0592. The highest BCUT2D eigenvalue weighted by atomic mass is 16.5. The summed E-state index contributed by atoms with van der Waals surface area (Å²) in [4.78, 5) is 11.1. The second kappa shape index (κ2) is 3.01. The molecule has 1 aromatic rings. The number of hydrogen-bond donors (Lipinski definition) is 1. The van der Waals surface area contributed by atoms with Crippen molar-refractivity contribution in [2.24, 2.45) is 0 Å². The predicted molar refractivity (Wildman–Crippen MR) is 45.6 cm³/mol. The van der Waals surface area contributed by atoms with Crippen molar-refractivity contribution in [1.29, 1.82) is 0 Å². The van der Waals surface area contributed by atoms with Crippen LogP contribution in [0.25, 0.3) is 0 Å². The fourth-order valence-electron chi connectivity index (χ4n) is 1.29. The molecule has 1 aromatic heterocycles. The number of ether oxygens (including phenoxy) is 1. The maximum absolute atomic E-state index is 11.1. The summed E-state index contributed by atoms with van der Waals surface area (Å²) < 4.78 is 4.53. The van der Waals surface area contributed by atoms with E-state index < -0.39 is 5.97 Å². The number of carbonyl (C=O) groups is 1. The Hall–Kier alpha value is -1.65. The van der Waals surface area contributed by atoms with Crippen molar-refractivity contribution in [3.8, 4) is 0 Å². The van der Waals surface area contributed by atoms with Gasteiger partial charge in [0.15, 0.2) is 11.5 Å². The summed E-state index contributed by atoms with van der Waals surface area (Å²) in [6.45, 7) is 0.856. The number of carbonyl (C=O) groups excluding carboxylic acids is 1. The largest absolute Gasteiger partial charge is 0.464 e. The first-order valence-corrected chi connectivity index (χ1v) is 4.00. The van der Waals surface area contributed by atoms with E-state index in [2.05, 4.69) is 20.3 Å². The Bertz CT molecular complexity index is 351. The molecular formula is C8H9N3O2. The van der Waals surface area contributed by atoms with Crippen LogP contribution >= 0.6 is 0 Å². The van der Waals surface area contributed by atoms with Crippen LogP contribution in [0.15, 0.2) is 6.07 Å². The van der Waals surface area contributed by atoms with Gasteiger partial charge < -0.3 is 10.1 Å². The molecule has 0 saturated carbocycles. The molecular weight excluding hydrogens is 170 g/mol. The van der Waals surface area contributed by atoms with E-state index in [4.69, 9.17) is 0 Å². The van der Waals surface area contributed by atoms with Gasteiger partial charge in [-0.25, -0.2) is 4.79 Å². The summed E-state index contributed by atoms with van der Waals surface area (Å²) in [5.41, 5.74) is 1.29. The standard InChI is InChI=1S/C8H9N3O2/c1-13-8(12)6-4-5-2-3-9-7(5)11-10-6/h4H,2-3H2,1H3,(H,9,11). The Morgan fingerprint density at radius 2 is 2.46 bits per heavy atom. The molecule has 0 saturated heterocycles. The highest BCUT2D eigenvalue weighted by molar-refractivity contribution is 5.87. The average Bonchev–Trinajstić information content (AvgIpc) is 2.63. The highest BCUT2D eigenvalue weighted by Gasteiger charge is 2.16. The first kappa shape index (κ1) is 7.97.